The van der Waals surface area contributed by atoms with E-state index in [1.165, 1.54) is 49.6 Å². The molecule has 146 valence electrons. The van der Waals surface area contributed by atoms with E-state index in [9.17, 15) is 17.6 Å². The summed E-state index contributed by atoms with van der Waals surface area (Å²) < 4.78 is 47.0. The van der Waals surface area contributed by atoms with Crippen LogP contribution in [0.5, 0.6) is 0 Å². The molecule has 2 N–H and O–H groups in total. The van der Waals surface area contributed by atoms with Crippen molar-refractivity contribution in [2.75, 3.05) is 7.11 Å². The van der Waals surface area contributed by atoms with Crippen LogP contribution in [0.4, 0.5) is 4.39 Å². The van der Waals surface area contributed by atoms with Gasteiger partial charge in [-0.3, -0.25) is 4.79 Å². The number of nitrogens with two attached hydrogens (primary N) is 1. The van der Waals surface area contributed by atoms with Crippen molar-refractivity contribution in [1.29, 1.82) is 0 Å². The van der Waals surface area contributed by atoms with Crippen LogP contribution >= 0.6 is 11.6 Å². The molecule has 0 aliphatic rings. The van der Waals surface area contributed by atoms with E-state index in [-0.39, 0.29) is 28.0 Å². The zero-order valence-corrected chi connectivity index (χ0v) is 16.1. The average molecular weight is 425 g/mol. The second kappa shape index (κ2) is 7.70. The Hall–Kier alpha value is -2.75. The standard InChI is InChI=1S/C18H14ClFN2O5S/c1-26-16(23)9-15-22-17(10-2-5-12(6-3-10)28(21,24)25)18(27-15)11-4-7-13(19)14(20)8-11/h2-8H,9H2,1H3,(H2,21,24,25). The van der Waals surface area contributed by atoms with Gasteiger partial charge in [0.25, 0.3) is 0 Å². The van der Waals surface area contributed by atoms with Crippen molar-refractivity contribution in [3.8, 4) is 22.6 Å². The lowest BCUT2D eigenvalue weighted by atomic mass is 10.1. The molecule has 0 bridgehead atoms. The number of sulfonamides is 1. The first kappa shape index (κ1) is 20.0. The van der Waals surface area contributed by atoms with Crippen LogP contribution in [0.25, 0.3) is 22.6 Å². The molecule has 0 unspecified atom stereocenters. The molecule has 10 heteroatoms. The fourth-order valence-electron chi connectivity index (χ4n) is 2.47. The maximum Gasteiger partial charge on any atom is 0.314 e. The molecule has 7 nitrogen and oxygen atoms in total. The highest BCUT2D eigenvalue weighted by atomic mass is 35.5. The third kappa shape index (κ3) is 4.22. The third-order valence-electron chi connectivity index (χ3n) is 3.83. The fraction of sp³-hybridized carbons (Fsp3) is 0.111. The molecule has 0 aliphatic carbocycles. The lowest BCUT2D eigenvalue weighted by Gasteiger charge is -2.04. The fourth-order valence-corrected chi connectivity index (χ4v) is 3.10. The monoisotopic (exact) mass is 424 g/mol. The SMILES string of the molecule is COC(=O)Cc1nc(-c2ccc(S(N)(=O)=O)cc2)c(-c2ccc(Cl)c(F)c2)o1. The van der Waals surface area contributed by atoms with Crippen LogP contribution in [0.3, 0.4) is 0 Å². The molecule has 0 saturated carbocycles. The molecule has 0 saturated heterocycles. The van der Waals surface area contributed by atoms with E-state index in [1.54, 1.807) is 0 Å². The maximum atomic E-state index is 13.9. The molecule has 3 rings (SSSR count). The summed E-state index contributed by atoms with van der Waals surface area (Å²) in [5, 5.41) is 5.05. The van der Waals surface area contributed by atoms with Crippen LogP contribution in [0.15, 0.2) is 51.8 Å². The van der Waals surface area contributed by atoms with Gasteiger partial charge in [0.2, 0.25) is 15.9 Å². The summed E-state index contributed by atoms with van der Waals surface area (Å²) in [5.41, 5.74) is 1.12. The minimum atomic E-state index is -3.86. The van der Waals surface area contributed by atoms with Gasteiger partial charge in [0.05, 0.1) is 17.0 Å². The van der Waals surface area contributed by atoms with Gasteiger partial charge in [0, 0.05) is 11.1 Å². The van der Waals surface area contributed by atoms with Gasteiger partial charge in [-0.05, 0) is 30.3 Å². The first-order valence-corrected chi connectivity index (χ1v) is 9.76. The quantitative estimate of drug-likeness (QED) is 0.629. The Kier molecular flexibility index (Phi) is 5.50. The molecule has 3 aromatic rings. The van der Waals surface area contributed by atoms with Crippen molar-refractivity contribution >= 4 is 27.6 Å². The second-order valence-electron chi connectivity index (χ2n) is 5.74. The van der Waals surface area contributed by atoms with Crippen molar-refractivity contribution < 1.29 is 26.8 Å². The minimum Gasteiger partial charge on any atom is -0.469 e. The van der Waals surface area contributed by atoms with E-state index in [4.69, 9.17) is 21.2 Å². The van der Waals surface area contributed by atoms with Crippen molar-refractivity contribution in [1.82, 2.24) is 4.98 Å². The predicted molar refractivity (Wildman–Crippen MR) is 99.4 cm³/mol. The first-order valence-electron chi connectivity index (χ1n) is 7.84. The smallest absolute Gasteiger partial charge is 0.314 e. The molecule has 0 atom stereocenters. The lowest BCUT2D eigenvalue weighted by Crippen LogP contribution is -2.11. The van der Waals surface area contributed by atoms with Crippen LogP contribution in [0.2, 0.25) is 5.02 Å². The van der Waals surface area contributed by atoms with Crippen LogP contribution in [0.1, 0.15) is 5.89 Å². The maximum absolute atomic E-state index is 13.9. The van der Waals surface area contributed by atoms with Crippen LogP contribution in [0, 0.1) is 5.82 Å². The number of oxazole rings is 1. The van der Waals surface area contributed by atoms with Crippen LogP contribution in [-0.2, 0) is 26.0 Å². The van der Waals surface area contributed by atoms with Crippen LogP contribution in [-0.4, -0.2) is 26.5 Å². The molecule has 28 heavy (non-hydrogen) atoms. The Morgan fingerprint density at radius 2 is 1.86 bits per heavy atom. The molecule has 0 fully saturated rings. The Bertz CT molecular complexity index is 1140. The van der Waals surface area contributed by atoms with Crippen LogP contribution < -0.4 is 5.14 Å². The molecule has 0 amide bonds. The molecule has 2 aromatic carbocycles. The second-order valence-corrected chi connectivity index (χ2v) is 7.71. The van der Waals surface area contributed by atoms with Crippen molar-refractivity contribution in [2.45, 2.75) is 11.3 Å². The number of hydrogen-bond donors (Lipinski definition) is 1. The molecular weight excluding hydrogens is 411 g/mol. The number of aromatic nitrogens is 1. The molecular formula is C18H14ClFN2O5S. The highest BCUT2D eigenvalue weighted by molar-refractivity contribution is 7.89. The van der Waals surface area contributed by atoms with Gasteiger partial charge in [0.15, 0.2) is 5.76 Å². The zero-order valence-electron chi connectivity index (χ0n) is 14.5. The molecule has 0 radical (unpaired) electrons. The largest absolute Gasteiger partial charge is 0.469 e. The first-order chi connectivity index (χ1) is 13.2. The molecule has 0 aliphatic heterocycles. The van der Waals surface area contributed by atoms with E-state index in [0.717, 1.165) is 0 Å². The number of methoxy groups -OCH3 is 1. The van der Waals surface area contributed by atoms with E-state index in [0.29, 0.717) is 16.8 Å². The number of halogens is 2. The average Bonchev–Trinajstić information content (AvgIpc) is 3.07. The predicted octanol–water partition coefficient (Wildman–Crippen LogP) is 3.16. The number of benzene rings is 2. The highest BCUT2D eigenvalue weighted by Gasteiger charge is 2.20. The van der Waals surface area contributed by atoms with E-state index in [2.05, 4.69) is 9.72 Å². The summed E-state index contributed by atoms with van der Waals surface area (Å²) in [6.45, 7) is 0. The topological polar surface area (TPSA) is 112 Å². The summed E-state index contributed by atoms with van der Waals surface area (Å²) >= 11 is 5.73. The highest BCUT2D eigenvalue weighted by Crippen LogP contribution is 2.34. The van der Waals surface area contributed by atoms with Crippen molar-refractivity contribution in [3.05, 3.63) is 59.2 Å². The Labute approximate surface area is 164 Å². The van der Waals surface area contributed by atoms with Gasteiger partial charge >= 0.3 is 5.97 Å². The molecule has 0 spiro atoms. The number of nitrogens with zero attached hydrogens (tertiary/aromatic N) is 1. The van der Waals surface area contributed by atoms with Gasteiger partial charge in [-0.1, -0.05) is 23.7 Å². The van der Waals surface area contributed by atoms with E-state index in [1.807, 2.05) is 0 Å². The molecule has 1 heterocycles. The van der Waals surface area contributed by atoms with E-state index < -0.39 is 21.8 Å². The number of hydrogen-bond acceptors (Lipinski definition) is 6. The number of primary sulfonamides is 1. The number of carbonyl (C=O) groups is 1. The number of rotatable bonds is 5. The lowest BCUT2D eigenvalue weighted by molar-refractivity contribution is -0.140. The normalized spacial score (nSPS) is 11.4. The number of carbonyl (C=O) groups excluding carboxylic acids is 1. The Balaban J connectivity index is 2.12. The van der Waals surface area contributed by atoms with Gasteiger partial charge in [0.1, 0.15) is 17.9 Å². The third-order valence-corrected chi connectivity index (χ3v) is 5.07. The summed E-state index contributed by atoms with van der Waals surface area (Å²) in [6.07, 6.45) is -0.227. The zero-order chi connectivity index (χ0) is 20.5. The van der Waals surface area contributed by atoms with Crippen molar-refractivity contribution in [3.63, 3.8) is 0 Å². The summed E-state index contributed by atoms with van der Waals surface area (Å²) in [6, 6.07) is 9.66. The summed E-state index contributed by atoms with van der Waals surface area (Å²) in [7, 11) is -2.63. The minimum absolute atomic E-state index is 0.0581. The van der Waals surface area contributed by atoms with Gasteiger partial charge in [-0.25, -0.2) is 22.9 Å². The summed E-state index contributed by atoms with van der Waals surface area (Å²) in [5.74, 6) is -0.965. The molecule has 1 aromatic heterocycles. The van der Waals surface area contributed by atoms with Crippen molar-refractivity contribution in [2.24, 2.45) is 5.14 Å². The number of ether oxygens (including phenoxy) is 1. The summed E-state index contributed by atoms with van der Waals surface area (Å²) in [4.78, 5) is 15.8. The van der Waals surface area contributed by atoms with Gasteiger partial charge < -0.3 is 9.15 Å². The van der Waals surface area contributed by atoms with Gasteiger partial charge in [-0.2, -0.15) is 0 Å². The Morgan fingerprint density at radius 1 is 1.21 bits per heavy atom. The Morgan fingerprint density at radius 3 is 2.43 bits per heavy atom. The van der Waals surface area contributed by atoms with E-state index >= 15 is 0 Å². The van der Waals surface area contributed by atoms with Gasteiger partial charge in [-0.15, -0.1) is 0 Å². The number of esters is 1.